The molecule has 1 aliphatic heterocycles. The van der Waals surface area contributed by atoms with Gasteiger partial charge in [0.25, 0.3) is 0 Å². The molecule has 0 spiro atoms. The van der Waals surface area contributed by atoms with E-state index in [2.05, 4.69) is 10.1 Å². The van der Waals surface area contributed by atoms with E-state index in [-0.39, 0.29) is 0 Å². The second-order valence-corrected chi connectivity index (χ2v) is 4.92. The molecule has 1 saturated heterocycles. The summed E-state index contributed by atoms with van der Waals surface area (Å²) in [5, 5.41) is 11.6. The summed E-state index contributed by atoms with van der Waals surface area (Å²) in [6.07, 6.45) is 6.89. The summed E-state index contributed by atoms with van der Waals surface area (Å²) in [6.45, 7) is 2.87. The maximum absolute atomic E-state index is 8.53. The van der Waals surface area contributed by atoms with Crippen LogP contribution in [0.15, 0.2) is 5.16 Å². The number of hydrogen-bond donors (Lipinski definition) is 2. The van der Waals surface area contributed by atoms with Crippen molar-refractivity contribution in [1.82, 2.24) is 4.90 Å². The molecule has 0 aromatic heterocycles. The SMILES string of the molecule is N/C(CN1CCC2CCCCC2C1)=N\O. The molecule has 2 atom stereocenters. The molecule has 0 aromatic rings. The lowest BCUT2D eigenvalue weighted by Crippen LogP contribution is -2.45. The van der Waals surface area contributed by atoms with E-state index in [1.807, 2.05) is 0 Å². The number of oxime groups is 1. The van der Waals surface area contributed by atoms with E-state index in [1.165, 1.54) is 32.1 Å². The minimum Gasteiger partial charge on any atom is -0.409 e. The van der Waals surface area contributed by atoms with E-state index in [9.17, 15) is 0 Å². The Balaban J connectivity index is 1.85. The van der Waals surface area contributed by atoms with Gasteiger partial charge in [-0.25, -0.2) is 0 Å². The minimum atomic E-state index is 0.337. The molecule has 1 saturated carbocycles. The van der Waals surface area contributed by atoms with Crippen molar-refractivity contribution in [2.45, 2.75) is 32.1 Å². The van der Waals surface area contributed by atoms with Gasteiger partial charge in [0.15, 0.2) is 5.84 Å². The molecule has 0 amide bonds. The Labute approximate surface area is 91.1 Å². The van der Waals surface area contributed by atoms with E-state index in [1.54, 1.807) is 0 Å². The van der Waals surface area contributed by atoms with Gasteiger partial charge in [-0.2, -0.15) is 0 Å². The van der Waals surface area contributed by atoms with Crippen molar-refractivity contribution in [3.8, 4) is 0 Å². The summed E-state index contributed by atoms with van der Waals surface area (Å²) in [7, 11) is 0. The van der Waals surface area contributed by atoms with Gasteiger partial charge >= 0.3 is 0 Å². The first-order chi connectivity index (χ1) is 7.29. The lowest BCUT2D eigenvalue weighted by Gasteiger charge is -2.41. The van der Waals surface area contributed by atoms with Gasteiger partial charge in [-0.05, 0) is 31.2 Å². The van der Waals surface area contributed by atoms with Crippen LogP contribution in [0, 0.1) is 11.8 Å². The van der Waals surface area contributed by atoms with Crippen LogP contribution in [-0.4, -0.2) is 35.6 Å². The summed E-state index contributed by atoms with van der Waals surface area (Å²) >= 11 is 0. The van der Waals surface area contributed by atoms with Crippen molar-refractivity contribution >= 4 is 5.84 Å². The first-order valence-electron chi connectivity index (χ1n) is 5.98. The summed E-state index contributed by atoms with van der Waals surface area (Å²) < 4.78 is 0. The van der Waals surface area contributed by atoms with Gasteiger partial charge in [0.1, 0.15) is 0 Å². The fraction of sp³-hybridized carbons (Fsp3) is 0.909. The van der Waals surface area contributed by atoms with Gasteiger partial charge in [0.05, 0.1) is 6.54 Å². The van der Waals surface area contributed by atoms with Crippen molar-refractivity contribution in [3.63, 3.8) is 0 Å². The highest BCUT2D eigenvalue weighted by Crippen LogP contribution is 2.35. The van der Waals surface area contributed by atoms with Gasteiger partial charge in [-0.15, -0.1) is 0 Å². The molecule has 0 bridgehead atoms. The van der Waals surface area contributed by atoms with Crippen LogP contribution < -0.4 is 5.73 Å². The Morgan fingerprint density at radius 2 is 2.00 bits per heavy atom. The summed E-state index contributed by atoms with van der Waals surface area (Å²) in [4.78, 5) is 2.32. The van der Waals surface area contributed by atoms with E-state index < -0.39 is 0 Å². The number of nitrogens with two attached hydrogens (primary N) is 1. The summed E-state index contributed by atoms with van der Waals surface area (Å²) in [5.74, 6) is 2.14. The van der Waals surface area contributed by atoms with E-state index in [0.717, 1.165) is 24.9 Å². The van der Waals surface area contributed by atoms with Crippen LogP contribution in [0.25, 0.3) is 0 Å². The van der Waals surface area contributed by atoms with Crippen molar-refractivity contribution in [1.29, 1.82) is 0 Å². The van der Waals surface area contributed by atoms with E-state index in [4.69, 9.17) is 10.9 Å². The fourth-order valence-electron chi connectivity index (χ4n) is 3.08. The molecule has 4 heteroatoms. The molecule has 2 fully saturated rings. The molecule has 0 radical (unpaired) electrons. The van der Waals surface area contributed by atoms with Crippen LogP contribution in [0.4, 0.5) is 0 Å². The summed E-state index contributed by atoms with van der Waals surface area (Å²) in [5.41, 5.74) is 5.53. The standard InChI is InChI=1S/C11H21N3O/c12-11(13-15)8-14-6-5-9-3-1-2-4-10(9)7-14/h9-10,15H,1-8H2,(H2,12,13). The second-order valence-electron chi connectivity index (χ2n) is 4.92. The molecule has 1 aliphatic carbocycles. The lowest BCUT2D eigenvalue weighted by molar-refractivity contribution is 0.0971. The van der Waals surface area contributed by atoms with Crippen molar-refractivity contribution in [3.05, 3.63) is 0 Å². The molecular weight excluding hydrogens is 190 g/mol. The largest absolute Gasteiger partial charge is 0.409 e. The number of hydrogen-bond acceptors (Lipinski definition) is 3. The minimum absolute atomic E-state index is 0.337. The fourth-order valence-corrected chi connectivity index (χ4v) is 3.08. The van der Waals surface area contributed by atoms with Gasteiger partial charge in [0, 0.05) is 6.54 Å². The molecule has 2 rings (SSSR count). The van der Waals surface area contributed by atoms with Gasteiger partial charge in [-0.3, -0.25) is 4.90 Å². The number of amidine groups is 1. The molecular formula is C11H21N3O. The average molecular weight is 211 g/mol. The number of rotatable bonds is 2. The topological polar surface area (TPSA) is 61.8 Å². The third kappa shape index (κ3) is 2.62. The zero-order chi connectivity index (χ0) is 10.7. The molecule has 3 N–H and O–H groups in total. The molecule has 86 valence electrons. The van der Waals surface area contributed by atoms with Crippen molar-refractivity contribution in [2.24, 2.45) is 22.7 Å². The maximum Gasteiger partial charge on any atom is 0.153 e. The van der Waals surface area contributed by atoms with Crippen LogP contribution in [0.1, 0.15) is 32.1 Å². The number of nitrogens with zero attached hydrogens (tertiary/aromatic N) is 2. The highest BCUT2D eigenvalue weighted by Gasteiger charge is 2.31. The first kappa shape index (κ1) is 10.7. The third-order valence-electron chi connectivity index (χ3n) is 3.89. The van der Waals surface area contributed by atoms with Crippen LogP contribution in [0.3, 0.4) is 0 Å². The zero-order valence-corrected chi connectivity index (χ0v) is 9.23. The molecule has 2 aliphatic rings. The monoisotopic (exact) mass is 211 g/mol. The highest BCUT2D eigenvalue weighted by atomic mass is 16.4. The van der Waals surface area contributed by atoms with Crippen molar-refractivity contribution in [2.75, 3.05) is 19.6 Å². The third-order valence-corrected chi connectivity index (χ3v) is 3.89. The Bertz CT molecular complexity index is 242. The first-order valence-corrected chi connectivity index (χ1v) is 5.98. The average Bonchev–Trinajstić information content (AvgIpc) is 2.29. The van der Waals surface area contributed by atoms with E-state index >= 15 is 0 Å². The zero-order valence-electron chi connectivity index (χ0n) is 9.23. The predicted octanol–water partition coefficient (Wildman–Crippen LogP) is 1.24. The Morgan fingerprint density at radius 1 is 1.27 bits per heavy atom. The predicted molar refractivity (Wildman–Crippen MR) is 59.9 cm³/mol. The van der Waals surface area contributed by atoms with Gasteiger partial charge in [0.2, 0.25) is 0 Å². The Morgan fingerprint density at radius 3 is 2.73 bits per heavy atom. The molecule has 1 heterocycles. The quantitative estimate of drug-likeness (QED) is 0.313. The number of likely N-dealkylation sites (tertiary alicyclic amines) is 1. The number of fused-ring (bicyclic) bond motifs is 1. The Hall–Kier alpha value is -0.770. The molecule has 15 heavy (non-hydrogen) atoms. The second kappa shape index (κ2) is 4.84. The van der Waals surface area contributed by atoms with Crippen LogP contribution in [-0.2, 0) is 0 Å². The van der Waals surface area contributed by atoms with Gasteiger partial charge in [-0.1, -0.05) is 24.4 Å². The highest BCUT2D eigenvalue weighted by molar-refractivity contribution is 5.81. The smallest absolute Gasteiger partial charge is 0.153 e. The van der Waals surface area contributed by atoms with Crippen molar-refractivity contribution < 1.29 is 5.21 Å². The molecule has 4 nitrogen and oxygen atoms in total. The van der Waals surface area contributed by atoms with Crippen LogP contribution in [0.2, 0.25) is 0 Å². The normalized spacial score (nSPS) is 33.7. The lowest BCUT2D eigenvalue weighted by atomic mass is 9.75. The Kier molecular flexibility index (Phi) is 3.46. The van der Waals surface area contributed by atoms with Crippen LogP contribution in [0.5, 0.6) is 0 Å². The number of piperidine rings is 1. The van der Waals surface area contributed by atoms with E-state index in [0.29, 0.717) is 12.4 Å². The molecule has 0 aromatic carbocycles. The summed E-state index contributed by atoms with van der Waals surface area (Å²) in [6, 6.07) is 0. The van der Waals surface area contributed by atoms with Crippen LogP contribution >= 0.6 is 0 Å². The molecule has 2 unspecified atom stereocenters. The van der Waals surface area contributed by atoms with Gasteiger partial charge < -0.3 is 10.9 Å². The maximum atomic E-state index is 8.53.